The first-order valence-corrected chi connectivity index (χ1v) is 9.93. The van der Waals surface area contributed by atoms with E-state index in [0.29, 0.717) is 29.7 Å². The number of nitrogens with two attached hydrogens (primary N) is 1. The van der Waals surface area contributed by atoms with E-state index in [9.17, 15) is 4.79 Å². The van der Waals surface area contributed by atoms with E-state index in [4.69, 9.17) is 15.2 Å². The number of aryl methyl sites for hydroxylation is 3. The van der Waals surface area contributed by atoms with E-state index in [1.165, 1.54) is 0 Å². The van der Waals surface area contributed by atoms with Crippen LogP contribution >= 0.6 is 0 Å². The molecule has 0 bridgehead atoms. The molecule has 2 aromatic heterocycles. The molecule has 0 radical (unpaired) electrons. The van der Waals surface area contributed by atoms with Crippen molar-refractivity contribution in [1.29, 1.82) is 0 Å². The van der Waals surface area contributed by atoms with Gasteiger partial charge in [-0.2, -0.15) is 0 Å². The summed E-state index contributed by atoms with van der Waals surface area (Å²) in [7, 11) is 3.25. The quantitative estimate of drug-likeness (QED) is 0.516. The fourth-order valence-electron chi connectivity index (χ4n) is 3.69. The first-order chi connectivity index (χ1) is 15.0. The maximum Gasteiger partial charge on any atom is 0.261 e. The van der Waals surface area contributed by atoms with Gasteiger partial charge in [-0.25, -0.2) is 9.97 Å². The van der Waals surface area contributed by atoms with Crippen LogP contribution in [-0.2, 0) is 13.0 Å². The molecule has 0 fully saturated rings. The van der Waals surface area contributed by atoms with E-state index in [1.807, 2.05) is 49.4 Å². The molecule has 0 saturated heterocycles. The lowest BCUT2D eigenvalue weighted by Gasteiger charge is -2.12. The summed E-state index contributed by atoms with van der Waals surface area (Å²) in [5.41, 5.74) is 9.96. The van der Waals surface area contributed by atoms with Crippen LogP contribution in [0.15, 0.2) is 59.7 Å². The predicted molar refractivity (Wildman–Crippen MR) is 122 cm³/mol. The van der Waals surface area contributed by atoms with Crippen LogP contribution in [0.5, 0.6) is 11.5 Å². The summed E-state index contributed by atoms with van der Waals surface area (Å²) >= 11 is 0. The van der Waals surface area contributed by atoms with Gasteiger partial charge in [0.05, 0.1) is 31.4 Å². The fourth-order valence-corrected chi connectivity index (χ4v) is 3.69. The Balaban J connectivity index is 1.68. The van der Waals surface area contributed by atoms with Crippen molar-refractivity contribution in [3.05, 3.63) is 76.5 Å². The van der Waals surface area contributed by atoms with Crippen molar-refractivity contribution in [2.75, 3.05) is 20.0 Å². The van der Waals surface area contributed by atoms with Crippen LogP contribution < -0.4 is 20.8 Å². The van der Waals surface area contributed by atoms with Gasteiger partial charge in [0.15, 0.2) is 0 Å². The number of hydrogen-bond donors (Lipinski definition) is 1. The second-order valence-electron chi connectivity index (χ2n) is 7.27. The topological polar surface area (TPSA) is 92.3 Å². The van der Waals surface area contributed by atoms with Crippen LogP contribution in [0.2, 0.25) is 0 Å². The molecule has 4 aromatic rings. The number of rotatable bonds is 6. The summed E-state index contributed by atoms with van der Waals surface area (Å²) in [5, 5.41) is 0.564. The molecule has 7 nitrogen and oxygen atoms in total. The van der Waals surface area contributed by atoms with Gasteiger partial charge >= 0.3 is 0 Å². The molecule has 0 amide bonds. The largest absolute Gasteiger partial charge is 0.497 e. The summed E-state index contributed by atoms with van der Waals surface area (Å²) in [5.74, 6) is 1.98. The van der Waals surface area contributed by atoms with Gasteiger partial charge < -0.3 is 15.2 Å². The van der Waals surface area contributed by atoms with Crippen LogP contribution in [0.25, 0.3) is 22.0 Å². The average molecular weight is 416 g/mol. The van der Waals surface area contributed by atoms with Crippen LogP contribution in [-0.4, -0.2) is 28.8 Å². The molecule has 0 aliphatic carbocycles. The third-order valence-corrected chi connectivity index (χ3v) is 5.35. The molecule has 0 spiro atoms. The second kappa shape index (κ2) is 8.47. The first kappa shape index (κ1) is 20.4. The SMILES string of the molecule is COc1ccc(OC)c(CCn2cnc3ccc(-c4ccc(N)nc4C)cc3c2=O)c1. The maximum absolute atomic E-state index is 13.2. The Morgan fingerprint density at radius 1 is 1.03 bits per heavy atom. The molecule has 0 aliphatic heterocycles. The molecule has 7 heteroatoms. The Labute approximate surface area is 180 Å². The van der Waals surface area contributed by atoms with Crippen molar-refractivity contribution in [2.24, 2.45) is 0 Å². The average Bonchev–Trinajstić information content (AvgIpc) is 2.78. The smallest absolute Gasteiger partial charge is 0.261 e. The zero-order valence-corrected chi connectivity index (χ0v) is 17.8. The minimum Gasteiger partial charge on any atom is -0.497 e. The first-order valence-electron chi connectivity index (χ1n) is 9.93. The van der Waals surface area contributed by atoms with Gasteiger partial charge in [0.2, 0.25) is 0 Å². The Hall–Kier alpha value is -3.87. The molecule has 4 rings (SSSR count). The number of ether oxygens (including phenoxy) is 2. The highest BCUT2D eigenvalue weighted by atomic mass is 16.5. The lowest BCUT2D eigenvalue weighted by Crippen LogP contribution is -2.21. The van der Waals surface area contributed by atoms with E-state index >= 15 is 0 Å². The number of hydrogen-bond acceptors (Lipinski definition) is 6. The molecule has 0 saturated carbocycles. The summed E-state index contributed by atoms with van der Waals surface area (Å²) < 4.78 is 12.4. The number of aromatic nitrogens is 3. The summed E-state index contributed by atoms with van der Waals surface area (Å²) in [6.45, 7) is 2.37. The molecular weight excluding hydrogens is 392 g/mol. The van der Waals surface area contributed by atoms with Gasteiger partial charge in [-0.1, -0.05) is 6.07 Å². The molecular formula is C24H24N4O3. The summed E-state index contributed by atoms with van der Waals surface area (Å²) in [6.07, 6.45) is 2.20. The molecule has 2 heterocycles. The van der Waals surface area contributed by atoms with Crippen molar-refractivity contribution >= 4 is 16.7 Å². The predicted octanol–water partition coefficient (Wildman–Crippen LogP) is 3.61. The number of pyridine rings is 1. The fraction of sp³-hybridized carbons (Fsp3) is 0.208. The Morgan fingerprint density at radius 2 is 1.87 bits per heavy atom. The number of fused-ring (bicyclic) bond motifs is 1. The number of nitrogens with zero attached hydrogens (tertiary/aromatic N) is 3. The molecule has 0 atom stereocenters. The van der Waals surface area contributed by atoms with E-state index in [1.54, 1.807) is 31.2 Å². The number of methoxy groups -OCH3 is 2. The van der Waals surface area contributed by atoms with E-state index < -0.39 is 0 Å². The van der Waals surface area contributed by atoms with Crippen LogP contribution in [0, 0.1) is 6.92 Å². The van der Waals surface area contributed by atoms with Crippen LogP contribution in [0.4, 0.5) is 5.82 Å². The third kappa shape index (κ3) is 4.07. The van der Waals surface area contributed by atoms with Gasteiger partial charge in [0, 0.05) is 17.8 Å². The maximum atomic E-state index is 13.2. The molecule has 31 heavy (non-hydrogen) atoms. The van der Waals surface area contributed by atoms with Crippen molar-refractivity contribution in [2.45, 2.75) is 19.9 Å². The molecule has 2 aromatic carbocycles. The van der Waals surface area contributed by atoms with Gasteiger partial charge in [0.1, 0.15) is 17.3 Å². The summed E-state index contributed by atoms with van der Waals surface area (Å²) in [4.78, 5) is 22.0. The van der Waals surface area contributed by atoms with Gasteiger partial charge in [-0.05, 0) is 66.9 Å². The van der Waals surface area contributed by atoms with Crippen molar-refractivity contribution in [3.8, 4) is 22.6 Å². The summed E-state index contributed by atoms with van der Waals surface area (Å²) in [6, 6.07) is 15.0. The van der Waals surface area contributed by atoms with Gasteiger partial charge in [0.25, 0.3) is 5.56 Å². The van der Waals surface area contributed by atoms with Gasteiger partial charge in [-0.15, -0.1) is 0 Å². The van der Waals surface area contributed by atoms with E-state index in [0.717, 1.165) is 33.9 Å². The van der Waals surface area contributed by atoms with Crippen molar-refractivity contribution < 1.29 is 9.47 Å². The van der Waals surface area contributed by atoms with E-state index in [-0.39, 0.29) is 5.56 Å². The molecule has 0 unspecified atom stereocenters. The monoisotopic (exact) mass is 416 g/mol. The highest BCUT2D eigenvalue weighted by Gasteiger charge is 2.11. The normalized spacial score (nSPS) is 10.9. The van der Waals surface area contributed by atoms with Crippen LogP contribution in [0.3, 0.4) is 0 Å². The zero-order chi connectivity index (χ0) is 22.0. The Bertz CT molecular complexity index is 1310. The highest BCUT2D eigenvalue weighted by molar-refractivity contribution is 5.84. The number of anilines is 1. The van der Waals surface area contributed by atoms with Crippen LogP contribution in [0.1, 0.15) is 11.3 Å². The lowest BCUT2D eigenvalue weighted by atomic mass is 10.0. The molecule has 0 aliphatic rings. The number of nitrogen functional groups attached to an aromatic ring is 1. The zero-order valence-electron chi connectivity index (χ0n) is 17.8. The Morgan fingerprint density at radius 3 is 2.61 bits per heavy atom. The van der Waals surface area contributed by atoms with Crippen molar-refractivity contribution in [1.82, 2.24) is 14.5 Å². The molecule has 158 valence electrons. The molecule has 2 N–H and O–H groups in total. The lowest BCUT2D eigenvalue weighted by molar-refractivity contribution is 0.397. The minimum atomic E-state index is -0.0882. The van der Waals surface area contributed by atoms with E-state index in [2.05, 4.69) is 9.97 Å². The Kier molecular flexibility index (Phi) is 5.58. The third-order valence-electron chi connectivity index (χ3n) is 5.35. The van der Waals surface area contributed by atoms with Crippen molar-refractivity contribution in [3.63, 3.8) is 0 Å². The second-order valence-corrected chi connectivity index (χ2v) is 7.27. The van der Waals surface area contributed by atoms with Gasteiger partial charge in [-0.3, -0.25) is 9.36 Å². The number of benzene rings is 2. The standard InChI is InChI=1S/C24H24N4O3/c1-15-19(6-9-23(25)27-15)16-4-7-21-20(13-16)24(29)28(14-26-21)11-10-17-12-18(30-2)5-8-22(17)31-3/h4-9,12-14H,10-11H2,1-3H3,(H2,25,27). The highest BCUT2D eigenvalue weighted by Crippen LogP contribution is 2.26. The minimum absolute atomic E-state index is 0.0882.